The Morgan fingerprint density at radius 1 is 1.14 bits per heavy atom. The summed E-state index contributed by atoms with van der Waals surface area (Å²) in [6, 6.07) is 9.43. The lowest BCUT2D eigenvalue weighted by Crippen LogP contribution is -2.42. The van der Waals surface area contributed by atoms with Gasteiger partial charge in [0.05, 0.1) is 12.7 Å². The van der Waals surface area contributed by atoms with Crippen LogP contribution in [0.2, 0.25) is 0 Å². The second-order valence-corrected chi connectivity index (χ2v) is 8.51. The molecule has 1 atom stereocenters. The Labute approximate surface area is 173 Å². The molecule has 2 aromatic rings. The SMILES string of the molecule is O=C(Cc1ccc(CC2CCN(C3CCNCC3)C2)cc1)NCCc1cnc[nH]1. The van der Waals surface area contributed by atoms with E-state index < -0.39 is 0 Å². The molecule has 156 valence electrons. The lowest BCUT2D eigenvalue weighted by Gasteiger charge is -2.31. The third kappa shape index (κ3) is 5.90. The highest BCUT2D eigenvalue weighted by atomic mass is 16.1. The van der Waals surface area contributed by atoms with Gasteiger partial charge in [-0.3, -0.25) is 9.69 Å². The quantitative estimate of drug-likeness (QED) is 0.639. The van der Waals surface area contributed by atoms with E-state index in [1.54, 1.807) is 12.5 Å². The van der Waals surface area contributed by atoms with Gasteiger partial charge in [0, 0.05) is 37.4 Å². The van der Waals surface area contributed by atoms with Crippen LogP contribution >= 0.6 is 0 Å². The third-order valence-corrected chi connectivity index (χ3v) is 6.33. The van der Waals surface area contributed by atoms with Gasteiger partial charge >= 0.3 is 0 Å². The Hall–Kier alpha value is -2.18. The number of hydrogen-bond donors (Lipinski definition) is 3. The number of piperidine rings is 1. The molecule has 3 N–H and O–H groups in total. The van der Waals surface area contributed by atoms with Gasteiger partial charge in [0.15, 0.2) is 0 Å². The van der Waals surface area contributed by atoms with Crippen LogP contribution in [0.15, 0.2) is 36.8 Å². The van der Waals surface area contributed by atoms with Gasteiger partial charge in [0.25, 0.3) is 0 Å². The number of aromatic amines is 1. The first kappa shape index (κ1) is 20.1. The minimum atomic E-state index is 0.0747. The largest absolute Gasteiger partial charge is 0.355 e. The van der Waals surface area contributed by atoms with Gasteiger partial charge < -0.3 is 15.6 Å². The van der Waals surface area contributed by atoms with Gasteiger partial charge in [-0.2, -0.15) is 0 Å². The van der Waals surface area contributed by atoms with Gasteiger partial charge in [0.2, 0.25) is 5.91 Å². The third-order valence-electron chi connectivity index (χ3n) is 6.33. The van der Waals surface area contributed by atoms with E-state index in [-0.39, 0.29) is 5.91 Å². The van der Waals surface area contributed by atoms with Crippen molar-refractivity contribution in [1.82, 2.24) is 25.5 Å². The number of nitrogens with zero attached hydrogens (tertiary/aromatic N) is 2. The number of likely N-dealkylation sites (tertiary alicyclic amines) is 1. The summed E-state index contributed by atoms with van der Waals surface area (Å²) in [4.78, 5) is 21.9. The van der Waals surface area contributed by atoms with Crippen molar-refractivity contribution in [2.45, 2.75) is 44.6 Å². The molecule has 1 unspecified atom stereocenters. The maximum atomic E-state index is 12.1. The summed E-state index contributed by atoms with van der Waals surface area (Å²) in [7, 11) is 0. The molecule has 6 heteroatoms. The Bertz CT molecular complexity index is 752. The molecule has 6 nitrogen and oxygen atoms in total. The fraction of sp³-hybridized carbons (Fsp3) is 0.565. The minimum absolute atomic E-state index is 0.0747. The molecule has 2 aliphatic heterocycles. The summed E-state index contributed by atoms with van der Waals surface area (Å²) < 4.78 is 0. The molecule has 3 heterocycles. The van der Waals surface area contributed by atoms with Crippen LogP contribution in [0, 0.1) is 5.92 Å². The molecule has 0 radical (unpaired) electrons. The second-order valence-electron chi connectivity index (χ2n) is 8.51. The average molecular weight is 396 g/mol. The van der Waals surface area contributed by atoms with Crippen molar-refractivity contribution in [3.05, 3.63) is 53.6 Å². The Morgan fingerprint density at radius 3 is 2.69 bits per heavy atom. The average Bonchev–Trinajstić information content (AvgIpc) is 3.42. The fourth-order valence-corrected chi connectivity index (χ4v) is 4.67. The van der Waals surface area contributed by atoms with Crippen molar-refractivity contribution in [2.75, 3.05) is 32.7 Å². The molecule has 0 bridgehead atoms. The minimum Gasteiger partial charge on any atom is -0.355 e. The molecule has 29 heavy (non-hydrogen) atoms. The van der Waals surface area contributed by atoms with Crippen molar-refractivity contribution in [2.24, 2.45) is 5.92 Å². The van der Waals surface area contributed by atoms with Crippen LogP contribution in [0.25, 0.3) is 0 Å². The molecule has 1 amide bonds. The van der Waals surface area contributed by atoms with E-state index in [1.165, 1.54) is 51.0 Å². The molecular weight excluding hydrogens is 362 g/mol. The first-order valence-electron chi connectivity index (χ1n) is 11.0. The zero-order valence-corrected chi connectivity index (χ0v) is 17.2. The normalized spacial score (nSPS) is 20.8. The number of benzene rings is 1. The monoisotopic (exact) mass is 395 g/mol. The maximum absolute atomic E-state index is 12.1. The number of amides is 1. The zero-order chi connectivity index (χ0) is 19.9. The van der Waals surface area contributed by atoms with Crippen molar-refractivity contribution in [3.8, 4) is 0 Å². The number of imidazole rings is 1. The van der Waals surface area contributed by atoms with Crippen molar-refractivity contribution >= 4 is 5.91 Å². The van der Waals surface area contributed by atoms with Crippen molar-refractivity contribution in [3.63, 3.8) is 0 Å². The summed E-state index contributed by atoms with van der Waals surface area (Å²) in [5.41, 5.74) is 3.52. The molecule has 0 aliphatic carbocycles. The molecule has 2 fully saturated rings. The molecule has 1 aromatic carbocycles. The summed E-state index contributed by atoms with van der Waals surface area (Å²) in [5.74, 6) is 0.840. The van der Waals surface area contributed by atoms with E-state index in [4.69, 9.17) is 0 Å². The van der Waals surface area contributed by atoms with Crippen molar-refractivity contribution in [1.29, 1.82) is 0 Å². The van der Waals surface area contributed by atoms with E-state index in [9.17, 15) is 4.79 Å². The summed E-state index contributed by atoms with van der Waals surface area (Å²) in [6.45, 7) is 5.47. The molecule has 0 spiro atoms. The summed E-state index contributed by atoms with van der Waals surface area (Å²) in [5, 5.41) is 6.45. The first-order chi connectivity index (χ1) is 14.3. The van der Waals surface area contributed by atoms with E-state index in [1.807, 2.05) is 0 Å². The number of carbonyl (C=O) groups is 1. The highest BCUT2D eigenvalue weighted by Gasteiger charge is 2.28. The van der Waals surface area contributed by atoms with Crippen molar-refractivity contribution < 1.29 is 4.79 Å². The van der Waals surface area contributed by atoms with E-state index >= 15 is 0 Å². The Kier molecular flexibility index (Phi) is 6.96. The van der Waals surface area contributed by atoms with Gasteiger partial charge in [-0.15, -0.1) is 0 Å². The van der Waals surface area contributed by atoms with Crippen LogP contribution in [0.1, 0.15) is 36.1 Å². The van der Waals surface area contributed by atoms with Gasteiger partial charge in [-0.05, 0) is 62.4 Å². The molecule has 4 rings (SSSR count). The molecule has 2 aliphatic rings. The highest BCUT2D eigenvalue weighted by Crippen LogP contribution is 2.25. The van der Waals surface area contributed by atoms with Gasteiger partial charge in [-0.1, -0.05) is 24.3 Å². The number of hydrogen-bond acceptors (Lipinski definition) is 4. The smallest absolute Gasteiger partial charge is 0.224 e. The number of carbonyl (C=O) groups excluding carboxylic acids is 1. The number of nitrogens with one attached hydrogen (secondary N) is 3. The molecule has 2 saturated heterocycles. The highest BCUT2D eigenvalue weighted by molar-refractivity contribution is 5.78. The zero-order valence-electron chi connectivity index (χ0n) is 17.2. The van der Waals surface area contributed by atoms with E-state index in [2.05, 4.69) is 49.8 Å². The molecular formula is C23H33N5O. The van der Waals surface area contributed by atoms with Gasteiger partial charge in [-0.25, -0.2) is 4.98 Å². The van der Waals surface area contributed by atoms with Crippen LogP contribution in [0.4, 0.5) is 0 Å². The fourth-order valence-electron chi connectivity index (χ4n) is 4.67. The number of aromatic nitrogens is 2. The Balaban J connectivity index is 1.18. The first-order valence-corrected chi connectivity index (χ1v) is 11.0. The second kappa shape index (κ2) is 10.0. The lowest BCUT2D eigenvalue weighted by molar-refractivity contribution is -0.120. The predicted octanol–water partition coefficient (Wildman–Crippen LogP) is 1.93. The lowest BCUT2D eigenvalue weighted by atomic mass is 9.97. The topological polar surface area (TPSA) is 73.1 Å². The molecule has 0 saturated carbocycles. The van der Waals surface area contributed by atoms with Crippen LogP contribution in [-0.4, -0.2) is 59.5 Å². The number of rotatable bonds is 8. The van der Waals surface area contributed by atoms with Crippen LogP contribution in [0.5, 0.6) is 0 Å². The van der Waals surface area contributed by atoms with Crippen LogP contribution < -0.4 is 10.6 Å². The summed E-state index contributed by atoms with van der Waals surface area (Å²) in [6.07, 6.45) is 9.73. The Morgan fingerprint density at radius 2 is 1.93 bits per heavy atom. The summed E-state index contributed by atoms with van der Waals surface area (Å²) >= 11 is 0. The van der Waals surface area contributed by atoms with Crippen LogP contribution in [-0.2, 0) is 24.1 Å². The van der Waals surface area contributed by atoms with E-state index in [0.29, 0.717) is 13.0 Å². The van der Waals surface area contributed by atoms with Crippen LogP contribution in [0.3, 0.4) is 0 Å². The molecule has 1 aromatic heterocycles. The predicted molar refractivity (Wildman–Crippen MR) is 115 cm³/mol. The number of H-pyrrole nitrogens is 1. The maximum Gasteiger partial charge on any atom is 0.224 e. The van der Waals surface area contributed by atoms with Gasteiger partial charge in [0.1, 0.15) is 0 Å². The van der Waals surface area contributed by atoms with E-state index in [0.717, 1.165) is 36.1 Å². The standard InChI is InChI=1S/C23H33N5O/c29-23(26-11-5-21-15-25-17-27-21)14-19-3-1-18(2-4-19)13-20-8-12-28(16-20)22-6-9-24-10-7-22/h1-4,15,17,20,22,24H,5-14,16H2,(H,25,27)(H,26,29).